The van der Waals surface area contributed by atoms with Gasteiger partial charge in [-0.15, -0.1) is 0 Å². The molecule has 0 bridgehead atoms. The molecule has 2 N–H and O–H groups in total. The molecule has 5 rings (SSSR count). The van der Waals surface area contributed by atoms with E-state index in [4.69, 9.17) is 0 Å². The zero-order valence-corrected chi connectivity index (χ0v) is 14.1. The van der Waals surface area contributed by atoms with Gasteiger partial charge in [-0.05, 0) is 36.4 Å². The van der Waals surface area contributed by atoms with E-state index in [1.54, 1.807) is 30.1 Å². The SMILES string of the molecule is c1cncc(Nc2nc(NC3CC3)c3ncn(-c4ccsc4)c3n2)c1. The van der Waals surface area contributed by atoms with Gasteiger partial charge in [0.15, 0.2) is 17.0 Å². The van der Waals surface area contributed by atoms with Crippen LogP contribution in [0.3, 0.4) is 0 Å². The largest absolute Gasteiger partial charge is 0.365 e. The van der Waals surface area contributed by atoms with Crippen LogP contribution >= 0.6 is 11.3 Å². The Morgan fingerprint density at radius 1 is 1.20 bits per heavy atom. The molecule has 0 atom stereocenters. The van der Waals surface area contributed by atoms with E-state index in [0.717, 1.165) is 28.4 Å². The minimum absolute atomic E-state index is 0.482. The van der Waals surface area contributed by atoms with E-state index >= 15 is 0 Å². The number of thiophene rings is 1. The normalized spacial score (nSPS) is 13.9. The number of fused-ring (bicyclic) bond motifs is 1. The number of nitrogens with one attached hydrogen (secondary N) is 2. The van der Waals surface area contributed by atoms with Crippen molar-refractivity contribution in [2.24, 2.45) is 0 Å². The average molecular weight is 349 g/mol. The predicted octanol–water partition coefficient (Wildman–Crippen LogP) is 3.59. The predicted molar refractivity (Wildman–Crippen MR) is 98.7 cm³/mol. The van der Waals surface area contributed by atoms with E-state index in [0.29, 0.717) is 12.0 Å². The lowest BCUT2D eigenvalue weighted by Gasteiger charge is -2.09. The van der Waals surface area contributed by atoms with Gasteiger partial charge in [-0.2, -0.15) is 21.3 Å². The van der Waals surface area contributed by atoms with Crippen molar-refractivity contribution >= 4 is 40.0 Å². The Kier molecular flexibility index (Phi) is 3.34. The molecule has 1 aliphatic carbocycles. The standard InChI is InChI=1S/C17H15N7S/c1-2-12(8-18-6-1)21-17-22-15(20-11-3-4-11)14-16(23-17)24(10-19-14)13-5-7-25-9-13/h1-2,5-11H,3-4H2,(H2,20,21,22,23). The molecule has 0 spiro atoms. The molecule has 7 nitrogen and oxygen atoms in total. The molecular weight excluding hydrogens is 334 g/mol. The smallest absolute Gasteiger partial charge is 0.231 e. The van der Waals surface area contributed by atoms with Crippen molar-refractivity contribution in [1.82, 2.24) is 24.5 Å². The number of nitrogens with zero attached hydrogens (tertiary/aromatic N) is 5. The second kappa shape index (κ2) is 5.82. The molecule has 4 aromatic heterocycles. The lowest BCUT2D eigenvalue weighted by Crippen LogP contribution is -2.07. The fourth-order valence-corrected chi connectivity index (χ4v) is 3.25. The van der Waals surface area contributed by atoms with E-state index in [1.165, 1.54) is 12.8 Å². The van der Waals surface area contributed by atoms with E-state index < -0.39 is 0 Å². The van der Waals surface area contributed by atoms with Gasteiger partial charge >= 0.3 is 0 Å². The van der Waals surface area contributed by atoms with Gasteiger partial charge in [-0.3, -0.25) is 9.55 Å². The Morgan fingerprint density at radius 3 is 2.92 bits per heavy atom. The molecule has 0 aromatic carbocycles. The van der Waals surface area contributed by atoms with E-state index in [-0.39, 0.29) is 0 Å². The third kappa shape index (κ3) is 2.80. The van der Waals surface area contributed by atoms with Gasteiger partial charge in [0.05, 0.1) is 17.6 Å². The van der Waals surface area contributed by atoms with Gasteiger partial charge in [0.1, 0.15) is 6.33 Å². The first kappa shape index (κ1) is 14.4. The van der Waals surface area contributed by atoms with Crippen molar-refractivity contribution in [3.05, 3.63) is 47.7 Å². The summed E-state index contributed by atoms with van der Waals surface area (Å²) in [5, 5.41) is 10.8. The molecule has 0 saturated heterocycles. The van der Waals surface area contributed by atoms with Crippen LogP contribution in [-0.2, 0) is 0 Å². The van der Waals surface area contributed by atoms with Crippen LogP contribution in [0.4, 0.5) is 17.5 Å². The van der Waals surface area contributed by atoms with Crippen LogP contribution in [0.2, 0.25) is 0 Å². The zero-order chi connectivity index (χ0) is 16.6. The topological polar surface area (TPSA) is 80.5 Å². The highest BCUT2D eigenvalue weighted by Crippen LogP contribution is 2.30. The number of hydrogen-bond donors (Lipinski definition) is 2. The highest BCUT2D eigenvalue weighted by molar-refractivity contribution is 7.08. The molecule has 25 heavy (non-hydrogen) atoms. The van der Waals surface area contributed by atoms with E-state index in [2.05, 4.69) is 42.0 Å². The Bertz CT molecular complexity index is 1010. The summed E-state index contributed by atoms with van der Waals surface area (Å²) in [7, 11) is 0. The molecule has 4 heterocycles. The Labute approximate surface area is 147 Å². The second-order valence-corrected chi connectivity index (χ2v) is 6.73. The van der Waals surface area contributed by atoms with Crippen molar-refractivity contribution in [2.45, 2.75) is 18.9 Å². The highest BCUT2D eigenvalue weighted by Gasteiger charge is 2.24. The molecule has 0 amide bonds. The molecular formula is C17H15N7S. The van der Waals surface area contributed by atoms with Gasteiger partial charge in [-0.25, -0.2) is 4.98 Å². The Balaban J connectivity index is 1.63. The molecule has 1 fully saturated rings. The molecule has 8 heteroatoms. The maximum Gasteiger partial charge on any atom is 0.231 e. The third-order valence-corrected chi connectivity index (χ3v) is 4.69. The first-order valence-corrected chi connectivity index (χ1v) is 9.02. The summed E-state index contributed by atoms with van der Waals surface area (Å²) in [6.07, 6.45) is 7.62. The van der Waals surface area contributed by atoms with Gasteiger partial charge in [0.2, 0.25) is 5.95 Å². The fraction of sp³-hybridized carbons (Fsp3) is 0.176. The maximum absolute atomic E-state index is 4.69. The van der Waals surface area contributed by atoms with Gasteiger partial charge in [-0.1, -0.05) is 0 Å². The van der Waals surface area contributed by atoms with Crippen molar-refractivity contribution in [1.29, 1.82) is 0 Å². The maximum atomic E-state index is 4.69. The van der Waals surface area contributed by atoms with Crippen LogP contribution in [0.15, 0.2) is 47.7 Å². The number of anilines is 3. The highest BCUT2D eigenvalue weighted by atomic mass is 32.1. The van der Waals surface area contributed by atoms with Crippen LogP contribution in [0.1, 0.15) is 12.8 Å². The third-order valence-electron chi connectivity index (χ3n) is 4.02. The fourth-order valence-electron chi connectivity index (χ4n) is 2.63. The van der Waals surface area contributed by atoms with E-state index in [1.807, 2.05) is 22.1 Å². The summed E-state index contributed by atoms with van der Waals surface area (Å²) < 4.78 is 1.99. The molecule has 0 radical (unpaired) electrons. The summed E-state index contributed by atoms with van der Waals surface area (Å²) in [6, 6.07) is 6.34. The summed E-state index contributed by atoms with van der Waals surface area (Å²) in [6.45, 7) is 0. The minimum Gasteiger partial charge on any atom is -0.365 e. The average Bonchev–Trinajstić information content (AvgIpc) is 3.10. The van der Waals surface area contributed by atoms with Crippen molar-refractivity contribution in [3.8, 4) is 5.69 Å². The van der Waals surface area contributed by atoms with Gasteiger partial charge < -0.3 is 10.6 Å². The van der Waals surface area contributed by atoms with Crippen molar-refractivity contribution < 1.29 is 0 Å². The van der Waals surface area contributed by atoms with Crippen LogP contribution in [0.5, 0.6) is 0 Å². The van der Waals surface area contributed by atoms with E-state index in [9.17, 15) is 0 Å². The molecule has 0 aliphatic heterocycles. The lowest BCUT2D eigenvalue weighted by atomic mass is 10.4. The molecule has 4 aromatic rings. The summed E-state index contributed by atoms with van der Waals surface area (Å²) in [4.78, 5) is 18.0. The molecule has 1 aliphatic rings. The monoisotopic (exact) mass is 349 g/mol. The van der Waals surface area contributed by atoms with Crippen LogP contribution in [0, 0.1) is 0 Å². The van der Waals surface area contributed by atoms with Crippen LogP contribution in [-0.4, -0.2) is 30.5 Å². The quantitative estimate of drug-likeness (QED) is 0.573. The number of imidazole rings is 1. The van der Waals surface area contributed by atoms with Crippen LogP contribution < -0.4 is 10.6 Å². The second-order valence-electron chi connectivity index (χ2n) is 5.95. The first-order chi connectivity index (χ1) is 12.4. The Morgan fingerprint density at radius 2 is 2.16 bits per heavy atom. The Hall–Kier alpha value is -3.00. The van der Waals surface area contributed by atoms with Crippen molar-refractivity contribution in [2.75, 3.05) is 10.6 Å². The van der Waals surface area contributed by atoms with Gasteiger partial charge in [0, 0.05) is 17.6 Å². The van der Waals surface area contributed by atoms with Gasteiger partial charge in [0.25, 0.3) is 0 Å². The lowest BCUT2D eigenvalue weighted by molar-refractivity contribution is 1.06. The van der Waals surface area contributed by atoms with Crippen LogP contribution in [0.25, 0.3) is 16.9 Å². The summed E-state index contributed by atoms with van der Waals surface area (Å²) in [5.41, 5.74) is 3.47. The van der Waals surface area contributed by atoms with Crippen molar-refractivity contribution in [3.63, 3.8) is 0 Å². The number of aromatic nitrogens is 5. The number of hydrogen-bond acceptors (Lipinski definition) is 7. The summed E-state index contributed by atoms with van der Waals surface area (Å²) >= 11 is 1.65. The minimum atomic E-state index is 0.482. The first-order valence-electron chi connectivity index (χ1n) is 8.08. The number of rotatable bonds is 5. The number of pyridine rings is 1. The molecule has 124 valence electrons. The zero-order valence-electron chi connectivity index (χ0n) is 13.3. The molecule has 1 saturated carbocycles. The molecule has 0 unspecified atom stereocenters. The summed E-state index contributed by atoms with van der Waals surface area (Å²) in [5.74, 6) is 1.30.